The van der Waals surface area contributed by atoms with E-state index in [1.165, 1.54) is 11.1 Å². The normalized spacial score (nSPS) is 16.1. The lowest BCUT2D eigenvalue weighted by molar-refractivity contribution is 0.585. The lowest BCUT2D eigenvalue weighted by Gasteiger charge is -2.26. The Hall–Kier alpha value is -2.80. The van der Waals surface area contributed by atoms with Crippen LogP contribution in [0.3, 0.4) is 0 Å². The molecular weight excluding hydrogens is 372 g/mol. The number of hydrogen-bond acceptors (Lipinski definition) is 6. The Morgan fingerprint density at radius 1 is 0.750 bits per heavy atom. The highest BCUT2D eigenvalue weighted by Crippen LogP contribution is 2.30. The molecule has 0 unspecified atom stereocenters. The second-order valence-electron chi connectivity index (χ2n) is 7.18. The van der Waals surface area contributed by atoms with Crippen LogP contribution in [-0.2, 0) is 9.84 Å². The van der Waals surface area contributed by atoms with Crippen molar-refractivity contribution >= 4 is 15.8 Å². The Balaban J connectivity index is 1.78. The monoisotopic (exact) mass is 394 g/mol. The molecule has 1 fully saturated rings. The zero-order valence-corrected chi connectivity index (χ0v) is 16.8. The number of rotatable bonds is 3. The van der Waals surface area contributed by atoms with Gasteiger partial charge in [-0.15, -0.1) is 10.2 Å². The van der Waals surface area contributed by atoms with Gasteiger partial charge in [-0.25, -0.2) is 13.4 Å². The van der Waals surface area contributed by atoms with Crippen molar-refractivity contribution in [3.05, 3.63) is 59.7 Å². The van der Waals surface area contributed by atoms with Crippen LogP contribution < -0.4 is 4.90 Å². The van der Waals surface area contributed by atoms with Crippen LogP contribution in [-0.4, -0.2) is 48.2 Å². The minimum absolute atomic E-state index is 0.121. The maximum absolute atomic E-state index is 11.7. The molecule has 4 rings (SSSR count). The Morgan fingerprint density at radius 2 is 1.25 bits per heavy atom. The first kappa shape index (κ1) is 18.6. The smallest absolute Gasteiger partial charge is 0.246 e. The molecule has 144 valence electrons. The van der Waals surface area contributed by atoms with Crippen molar-refractivity contribution < 1.29 is 8.42 Å². The zero-order valence-electron chi connectivity index (χ0n) is 16.0. The summed E-state index contributed by atoms with van der Waals surface area (Å²) >= 11 is 0. The predicted octanol–water partition coefficient (Wildman–Crippen LogP) is 3.06. The number of benzene rings is 2. The molecule has 0 aliphatic carbocycles. The number of aryl methyl sites for hydroxylation is 2. The summed E-state index contributed by atoms with van der Waals surface area (Å²) in [5, 5.41) is 8.81. The first-order valence-electron chi connectivity index (χ1n) is 9.25. The highest BCUT2D eigenvalue weighted by atomic mass is 32.2. The van der Waals surface area contributed by atoms with Crippen LogP contribution in [0, 0.1) is 13.8 Å². The molecule has 6 nitrogen and oxygen atoms in total. The van der Waals surface area contributed by atoms with Crippen LogP contribution >= 0.6 is 0 Å². The van der Waals surface area contributed by atoms with E-state index in [0.717, 1.165) is 22.5 Å². The van der Waals surface area contributed by atoms with Gasteiger partial charge in [-0.2, -0.15) is 0 Å². The van der Waals surface area contributed by atoms with Crippen molar-refractivity contribution in [2.45, 2.75) is 13.8 Å². The molecule has 28 heavy (non-hydrogen) atoms. The molecule has 2 aromatic carbocycles. The van der Waals surface area contributed by atoms with Gasteiger partial charge in [0.25, 0.3) is 0 Å². The molecule has 0 atom stereocenters. The molecule has 0 bridgehead atoms. The van der Waals surface area contributed by atoms with Gasteiger partial charge in [-0.3, -0.25) is 0 Å². The summed E-state index contributed by atoms with van der Waals surface area (Å²) in [4.78, 5) is 6.69. The average molecular weight is 395 g/mol. The van der Waals surface area contributed by atoms with Crippen LogP contribution in [0.25, 0.3) is 22.5 Å². The molecule has 0 radical (unpaired) electrons. The fourth-order valence-corrected chi connectivity index (χ4v) is 4.38. The van der Waals surface area contributed by atoms with Crippen molar-refractivity contribution in [1.29, 1.82) is 0 Å². The maximum atomic E-state index is 11.7. The standard InChI is InChI=1S/C21H22N4O2S/c1-15-3-7-17(8-4-15)19-20(18-9-5-16(2)6-10-18)23-24-21(22-19)25-11-13-28(26,27)14-12-25/h3-10H,11-14H2,1-2H3. The molecule has 1 saturated heterocycles. The Kier molecular flexibility index (Phi) is 4.85. The lowest BCUT2D eigenvalue weighted by atomic mass is 10.0. The molecule has 0 spiro atoms. The molecule has 1 aromatic heterocycles. The topological polar surface area (TPSA) is 76.1 Å². The number of aromatic nitrogens is 3. The van der Waals surface area contributed by atoms with Gasteiger partial charge in [0.15, 0.2) is 9.84 Å². The molecule has 0 saturated carbocycles. The van der Waals surface area contributed by atoms with E-state index in [1.54, 1.807) is 0 Å². The van der Waals surface area contributed by atoms with E-state index in [-0.39, 0.29) is 11.5 Å². The van der Waals surface area contributed by atoms with Crippen LogP contribution in [0.2, 0.25) is 0 Å². The summed E-state index contributed by atoms with van der Waals surface area (Å²) in [6, 6.07) is 16.3. The molecule has 0 amide bonds. The van der Waals surface area contributed by atoms with Gasteiger partial charge in [-0.1, -0.05) is 59.7 Å². The van der Waals surface area contributed by atoms with Gasteiger partial charge in [-0.05, 0) is 13.8 Å². The second kappa shape index (κ2) is 7.31. The van der Waals surface area contributed by atoms with Gasteiger partial charge >= 0.3 is 0 Å². The van der Waals surface area contributed by atoms with Gasteiger partial charge in [0, 0.05) is 24.2 Å². The van der Waals surface area contributed by atoms with E-state index < -0.39 is 9.84 Å². The van der Waals surface area contributed by atoms with Gasteiger partial charge in [0.1, 0.15) is 11.4 Å². The minimum Gasteiger partial charge on any atom is -0.337 e. The highest BCUT2D eigenvalue weighted by Gasteiger charge is 2.25. The van der Waals surface area contributed by atoms with Crippen LogP contribution in [0.1, 0.15) is 11.1 Å². The van der Waals surface area contributed by atoms with Crippen molar-refractivity contribution in [2.24, 2.45) is 0 Å². The SMILES string of the molecule is Cc1ccc(-c2nnc(N3CCS(=O)(=O)CC3)nc2-c2ccc(C)cc2)cc1. The first-order chi connectivity index (χ1) is 13.4. The van der Waals surface area contributed by atoms with Crippen molar-refractivity contribution in [1.82, 2.24) is 15.2 Å². The van der Waals surface area contributed by atoms with Crippen LogP contribution in [0.4, 0.5) is 5.95 Å². The first-order valence-corrected chi connectivity index (χ1v) is 11.1. The molecule has 1 aliphatic heterocycles. The third kappa shape index (κ3) is 3.89. The fourth-order valence-electron chi connectivity index (χ4n) is 3.18. The van der Waals surface area contributed by atoms with E-state index in [1.807, 2.05) is 67.3 Å². The lowest BCUT2D eigenvalue weighted by Crippen LogP contribution is -2.41. The summed E-state index contributed by atoms with van der Waals surface area (Å²) in [7, 11) is -2.96. The highest BCUT2D eigenvalue weighted by molar-refractivity contribution is 7.91. The van der Waals surface area contributed by atoms with Gasteiger partial charge < -0.3 is 4.90 Å². The summed E-state index contributed by atoms with van der Waals surface area (Å²) in [5.41, 5.74) is 5.73. The third-order valence-electron chi connectivity index (χ3n) is 4.95. The molecule has 2 heterocycles. The Labute approximate surface area is 165 Å². The maximum Gasteiger partial charge on any atom is 0.246 e. The molecule has 0 N–H and O–H groups in total. The van der Waals surface area contributed by atoms with E-state index in [9.17, 15) is 8.42 Å². The molecule has 3 aromatic rings. The van der Waals surface area contributed by atoms with Crippen molar-refractivity contribution in [2.75, 3.05) is 29.5 Å². The zero-order chi connectivity index (χ0) is 19.7. The molecule has 7 heteroatoms. The summed E-state index contributed by atoms with van der Waals surface area (Å²) < 4.78 is 23.5. The van der Waals surface area contributed by atoms with Crippen molar-refractivity contribution in [3.8, 4) is 22.5 Å². The summed E-state index contributed by atoms with van der Waals surface area (Å²) in [6.07, 6.45) is 0. The van der Waals surface area contributed by atoms with Gasteiger partial charge in [0.05, 0.1) is 11.5 Å². The van der Waals surface area contributed by atoms with E-state index >= 15 is 0 Å². The summed E-state index contributed by atoms with van der Waals surface area (Å²) in [6.45, 7) is 4.87. The quantitative estimate of drug-likeness (QED) is 0.680. The van der Waals surface area contributed by atoms with Crippen LogP contribution in [0.5, 0.6) is 0 Å². The number of sulfone groups is 1. The average Bonchev–Trinajstić information content (AvgIpc) is 2.69. The summed E-state index contributed by atoms with van der Waals surface area (Å²) in [5.74, 6) is 0.715. The van der Waals surface area contributed by atoms with Crippen LogP contribution in [0.15, 0.2) is 48.5 Å². The predicted molar refractivity (Wildman–Crippen MR) is 111 cm³/mol. The third-order valence-corrected chi connectivity index (χ3v) is 6.56. The van der Waals surface area contributed by atoms with E-state index in [2.05, 4.69) is 10.2 Å². The van der Waals surface area contributed by atoms with Crippen molar-refractivity contribution in [3.63, 3.8) is 0 Å². The molecular formula is C21H22N4O2S. The van der Waals surface area contributed by atoms with E-state index in [0.29, 0.717) is 19.0 Å². The van der Waals surface area contributed by atoms with E-state index in [4.69, 9.17) is 4.98 Å². The minimum atomic E-state index is -2.96. The van der Waals surface area contributed by atoms with Gasteiger partial charge in [0.2, 0.25) is 5.95 Å². The molecule has 1 aliphatic rings. The number of hydrogen-bond donors (Lipinski definition) is 0. The second-order valence-corrected chi connectivity index (χ2v) is 9.48. The number of nitrogens with zero attached hydrogens (tertiary/aromatic N) is 4. The Morgan fingerprint density at radius 3 is 1.79 bits per heavy atom. The Bertz CT molecular complexity index is 1080. The number of anilines is 1. The largest absolute Gasteiger partial charge is 0.337 e. The fraction of sp³-hybridized carbons (Fsp3) is 0.286.